The van der Waals surface area contributed by atoms with Crippen molar-refractivity contribution in [3.8, 4) is 5.75 Å². The molecule has 1 aliphatic rings. The second-order valence-electron chi connectivity index (χ2n) is 11.7. The topological polar surface area (TPSA) is 55.4 Å². The first kappa shape index (κ1) is 33.3. The quantitative estimate of drug-likeness (QED) is 0.114. The van der Waals surface area contributed by atoms with Crippen molar-refractivity contribution in [3.05, 3.63) is 179 Å². The van der Waals surface area contributed by atoms with Gasteiger partial charge in [0.2, 0.25) is 0 Å². The first-order chi connectivity index (χ1) is 23.7. The Morgan fingerprint density at radius 1 is 0.521 bits per heavy atom. The standard InChI is InChI=1S/C42H42O6/c1-43-37-24-22-36(23-25-37)38-26-39(45-28-33-16-8-3-9-17-33)41(46-29-34-18-10-4-11-19-34)40(31-44-27-32-14-6-2-7-15-32)48-42(38)47-30-35-20-12-5-13-21-35/h2-26,39-42H,27-31H2,1H3/t39-,40-,41+,42-/m1/s1. The molecular formula is C42H42O6. The summed E-state index contributed by atoms with van der Waals surface area (Å²) in [7, 11) is 1.66. The third-order valence-electron chi connectivity index (χ3n) is 8.22. The summed E-state index contributed by atoms with van der Waals surface area (Å²) in [6.07, 6.45) is -0.138. The maximum atomic E-state index is 6.93. The number of hydrogen-bond acceptors (Lipinski definition) is 6. The van der Waals surface area contributed by atoms with E-state index in [4.69, 9.17) is 28.4 Å². The molecule has 0 spiro atoms. The molecule has 0 N–H and O–H groups in total. The minimum absolute atomic E-state index is 0.272. The molecule has 6 rings (SSSR count). The van der Waals surface area contributed by atoms with Gasteiger partial charge in [0.1, 0.15) is 24.1 Å². The molecule has 4 atom stereocenters. The third-order valence-corrected chi connectivity index (χ3v) is 8.22. The SMILES string of the molecule is COc1ccc(C2=C[C@@H](OCc3ccccc3)[C@H](OCc3ccccc3)[C@@H](COCc3ccccc3)O[C@H]2OCc2ccccc2)cc1. The van der Waals surface area contributed by atoms with Gasteiger partial charge in [0.05, 0.1) is 40.1 Å². The van der Waals surface area contributed by atoms with Crippen LogP contribution in [0.2, 0.25) is 0 Å². The first-order valence-corrected chi connectivity index (χ1v) is 16.3. The summed E-state index contributed by atoms with van der Waals surface area (Å²) < 4.78 is 38.8. The second kappa shape index (κ2) is 17.6. The molecule has 0 bridgehead atoms. The predicted molar refractivity (Wildman–Crippen MR) is 187 cm³/mol. The summed E-state index contributed by atoms with van der Waals surface area (Å²) >= 11 is 0. The highest BCUT2D eigenvalue weighted by molar-refractivity contribution is 5.69. The number of hydrogen-bond donors (Lipinski definition) is 0. The smallest absolute Gasteiger partial charge is 0.185 e. The Balaban J connectivity index is 1.36. The Morgan fingerprint density at radius 3 is 1.52 bits per heavy atom. The van der Waals surface area contributed by atoms with Gasteiger partial charge in [-0.1, -0.05) is 133 Å². The zero-order chi connectivity index (χ0) is 32.8. The summed E-state index contributed by atoms with van der Waals surface area (Å²) in [4.78, 5) is 0. The van der Waals surface area contributed by atoms with Gasteiger partial charge in [-0.2, -0.15) is 0 Å². The fourth-order valence-electron chi connectivity index (χ4n) is 5.64. The van der Waals surface area contributed by atoms with Gasteiger partial charge in [-0.3, -0.25) is 0 Å². The van der Waals surface area contributed by atoms with Gasteiger partial charge in [0.25, 0.3) is 0 Å². The van der Waals surface area contributed by atoms with Crippen LogP contribution in [0.15, 0.2) is 152 Å². The molecule has 0 amide bonds. The van der Waals surface area contributed by atoms with Crippen LogP contribution in [0.25, 0.3) is 5.57 Å². The van der Waals surface area contributed by atoms with Gasteiger partial charge in [0.15, 0.2) is 6.29 Å². The van der Waals surface area contributed by atoms with E-state index in [1.165, 1.54) is 0 Å². The van der Waals surface area contributed by atoms with Crippen LogP contribution in [0.3, 0.4) is 0 Å². The number of methoxy groups -OCH3 is 1. The molecule has 1 aliphatic heterocycles. The van der Waals surface area contributed by atoms with E-state index in [1.807, 2.05) is 109 Å². The van der Waals surface area contributed by atoms with E-state index in [2.05, 4.69) is 42.5 Å². The van der Waals surface area contributed by atoms with Gasteiger partial charge in [-0.25, -0.2) is 0 Å². The van der Waals surface area contributed by atoms with Crippen molar-refractivity contribution in [2.45, 2.75) is 51.0 Å². The Bertz CT molecular complexity index is 1660. The lowest BCUT2D eigenvalue weighted by molar-refractivity contribution is -0.205. The van der Waals surface area contributed by atoms with Crippen LogP contribution in [-0.2, 0) is 50.1 Å². The van der Waals surface area contributed by atoms with E-state index in [-0.39, 0.29) is 6.61 Å². The molecule has 0 saturated heterocycles. The van der Waals surface area contributed by atoms with Gasteiger partial charge in [-0.05, 0) is 46.0 Å². The molecule has 0 unspecified atom stereocenters. The lowest BCUT2D eigenvalue weighted by atomic mass is 10.0. The van der Waals surface area contributed by atoms with Crippen molar-refractivity contribution in [3.63, 3.8) is 0 Å². The van der Waals surface area contributed by atoms with Crippen LogP contribution in [0.4, 0.5) is 0 Å². The molecule has 0 fully saturated rings. The van der Waals surface area contributed by atoms with Crippen molar-refractivity contribution in [2.75, 3.05) is 13.7 Å². The average Bonchev–Trinajstić information content (AvgIpc) is 3.30. The zero-order valence-electron chi connectivity index (χ0n) is 27.2. The molecule has 6 heteroatoms. The summed E-state index contributed by atoms with van der Waals surface area (Å²) in [5, 5.41) is 0. The predicted octanol–water partition coefficient (Wildman–Crippen LogP) is 8.41. The number of rotatable bonds is 15. The molecule has 1 heterocycles. The van der Waals surface area contributed by atoms with Crippen molar-refractivity contribution < 1.29 is 28.4 Å². The van der Waals surface area contributed by atoms with E-state index in [1.54, 1.807) is 7.11 Å². The molecule has 246 valence electrons. The third kappa shape index (κ3) is 9.50. The molecule has 0 radical (unpaired) electrons. The summed E-state index contributed by atoms with van der Waals surface area (Å²) in [6.45, 7) is 1.86. The van der Waals surface area contributed by atoms with E-state index < -0.39 is 24.6 Å². The molecule has 0 aliphatic carbocycles. The zero-order valence-corrected chi connectivity index (χ0v) is 27.2. The molecule has 6 nitrogen and oxygen atoms in total. The molecule has 5 aromatic carbocycles. The maximum absolute atomic E-state index is 6.93. The largest absolute Gasteiger partial charge is 0.497 e. The summed E-state index contributed by atoms with van der Waals surface area (Å²) in [6, 6.07) is 48.5. The Kier molecular flexibility index (Phi) is 12.2. The summed E-state index contributed by atoms with van der Waals surface area (Å²) in [5.74, 6) is 0.767. The maximum Gasteiger partial charge on any atom is 0.185 e. The Morgan fingerprint density at radius 2 is 1.00 bits per heavy atom. The highest BCUT2D eigenvalue weighted by Crippen LogP contribution is 2.33. The fraction of sp³-hybridized carbons (Fsp3) is 0.238. The first-order valence-electron chi connectivity index (χ1n) is 16.3. The lowest BCUT2D eigenvalue weighted by Gasteiger charge is -2.32. The van der Waals surface area contributed by atoms with E-state index >= 15 is 0 Å². The van der Waals surface area contributed by atoms with Crippen LogP contribution in [0.1, 0.15) is 27.8 Å². The van der Waals surface area contributed by atoms with Crippen LogP contribution in [0, 0.1) is 0 Å². The number of benzene rings is 5. The van der Waals surface area contributed by atoms with Gasteiger partial charge >= 0.3 is 0 Å². The van der Waals surface area contributed by atoms with Crippen molar-refractivity contribution in [1.29, 1.82) is 0 Å². The lowest BCUT2D eigenvalue weighted by Crippen LogP contribution is -2.44. The number of ether oxygens (including phenoxy) is 6. The molecule has 0 aromatic heterocycles. The molecule has 5 aromatic rings. The van der Waals surface area contributed by atoms with Gasteiger partial charge < -0.3 is 28.4 Å². The van der Waals surface area contributed by atoms with E-state index in [0.717, 1.165) is 39.1 Å². The van der Waals surface area contributed by atoms with Crippen LogP contribution >= 0.6 is 0 Å². The second-order valence-corrected chi connectivity index (χ2v) is 11.7. The molecule has 0 saturated carbocycles. The molecular weight excluding hydrogens is 600 g/mol. The van der Waals surface area contributed by atoms with Gasteiger partial charge in [0, 0.05) is 5.57 Å². The Hall–Kier alpha value is -4.56. The van der Waals surface area contributed by atoms with E-state index in [9.17, 15) is 0 Å². The van der Waals surface area contributed by atoms with Crippen LogP contribution < -0.4 is 4.74 Å². The van der Waals surface area contributed by atoms with Gasteiger partial charge in [-0.15, -0.1) is 0 Å². The van der Waals surface area contributed by atoms with Crippen LogP contribution in [-0.4, -0.2) is 38.3 Å². The average molecular weight is 643 g/mol. The highest BCUT2D eigenvalue weighted by Gasteiger charge is 2.39. The fourth-order valence-corrected chi connectivity index (χ4v) is 5.64. The Labute approximate surface area is 283 Å². The van der Waals surface area contributed by atoms with Crippen molar-refractivity contribution in [1.82, 2.24) is 0 Å². The van der Waals surface area contributed by atoms with Crippen LogP contribution in [0.5, 0.6) is 5.75 Å². The summed E-state index contributed by atoms with van der Waals surface area (Å²) in [5.41, 5.74) is 6.05. The highest BCUT2D eigenvalue weighted by atomic mass is 16.7. The monoisotopic (exact) mass is 642 g/mol. The van der Waals surface area contributed by atoms with Crippen molar-refractivity contribution >= 4 is 5.57 Å². The minimum atomic E-state index is -0.725. The minimum Gasteiger partial charge on any atom is -0.497 e. The van der Waals surface area contributed by atoms with E-state index in [0.29, 0.717) is 26.4 Å². The molecule has 48 heavy (non-hydrogen) atoms. The normalized spacial score (nSPS) is 19.3. The van der Waals surface area contributed by atoms with Crippen molar-refractivity contribution in [2.24, 2.45) is 0 Å².